The number of nitrogens with one attached hydrogen (secondary N) is 1. The maximum atomic E-state index is 13.4. The summed E-state index contributed by atoms with van der Waals surface area (Å²) in [5, 5.41) is 3.30. The predicted octanol–water partition coefficient (Wildman–Crippen LogP) is 4.34. The highest BCUT2D eigenvalue weighted by Gasteiger charge is 2.12. The van der Waals surface area contributed by atoms with Crippen molar-refractivity contribution >= 4 is 0 Å². The van der Waals surface area contributed by atoms with Crippen LogP contribution in [0.1, 0.15) is 34.7 Å². The second-order valence-corrected chi connectivity index (χ2v) is 5.37. The molecule has 0 radical (unpaired) electrons. The van der Waals surface area contributed by atoms with Gasteiger partial charge in [-0.25, -0.2) is 4.39 Å². The SMILES string of the molecule is CNC(CCc1cccc(C)c1)c1cc(F)ccc1C. The number of hydrogen-bond donors (Lipinski definition) is 1. The molecule has 1 atom stereocenters. The van der Waals surface area contributed by atoms with Gasteiger partial charge in [-0.2, -0.15) is 0 Å². The fourth-order valence-electron chi connectivity index (χ4n) is 2.62. The molecular weight excluding hydrogens is 249 g/mol. The third kappa shape index (κ3) is 3.67. The Morgan fingerprint density at radius 1 is 1.10 bits per heavy atom. The minimum atomic E-state index is -0.165. The Labute approximate surface area is 120 Å². The van der Waals surface area contributed by atoms with Crippen molar-refractivity contribution in [2.24, 2.45) is 0 Å². The van der Waals surface area contributed by atoms with Crippen LogP contribution in [0.4, 0.5) is 4.39 Å². The molecule has 1 unspecified atom stereocenters. The van der Waals surface area contributed by atoms with Crippen molar-refractivity contribution in [3.63, 3.8) is 0 Å². The summed E-state index contributed by atoms with van der Waals surface area (Å²) in [4.78, 5) is 0. The molecule has 106 valence electrons. The molecule has 0 saturated carbocycles. The smallest absolute Gasteiger partial charge is 0.123 e. The summed E-state index contributed by atoms with van der Waals surface area (Å²) in [5.41, 5.74) is 4.81. The number of rotatable bonds is 5. The first-order chi connectivity index (χ1) is 9.60. The van der Waals surface area contributed by atoms with Crippen molar-refractivity contribution in [3.05, 3.63) is 70.5 Å². The van der Waals surface area contributed by atoms with Crippen molar-refractivity contribution in [3.8, 4) is 0 Å². The van der Waals surface area contributed by atoms with Gasteiger partial charge < -0.3 is 5.32 Å². The van der Waals surface area contributed by atoms with Crippen LogP contribution in [-0.4, -0.2) is 7.05 Å². The fourth-order valence-corrected chi connectivity index (χ4v) is 2.62. The van der Waals surface area contributed by atoms with E-state index in [1.807, 2.05) is 20.0 Å². The maximum Gasteiger partial charge on any atom is 0.123 e. The Morgan fingerprint density at radius 3 is 2.60 bits per heavy atom. The van der Waals surface area contributed by atoms with Gasteiger partial charge in [-0.1, -0.05) is 35.9 Å². The molecule has 2 rings (SSSR count). The molecule has 20 heavy (non-hydrogen) atoms. The van der Waals surface area contributed by atoms with Gasteiger partial charge >= 0.3 is 0 Å². The summed E-state index contributed by atoms with van der Waals surface area (Å²) in [5.74, 6) is -0.165. The standard InChI is InChI=1S/C18H22FN/c1-13-5-4-6-15(11-13)8-10-18(20-3)17-12-16(19)9-7-14(17)2/h4-7,9,11-12,18,20H,8,10H2,1-3H3. The quantitative estimate of drug-likeness (QED) is 0.853. The summed E-state index contributed by atoms with van der Waals surface area (Å²) in [6, 6.07) is 13.8. The average molecular weight is 271 g/mol. The molecule has 2 aromatic carbocycles. The van der Waals surface area contributed by atoms with Gasteiger partial charge in [0.05, 0.1) is 0 Å². The highest BCUT2D eigenvalue weighted by atomic mass is 19.1. The van der Waals surface area contributed by atoms with E-state index in [0.717, 1.165) is 24.0 Å². The average Bonchev–Trinajstić information content (AvgIpc) is 2.43. The van der Waals surface area contributed by atoms with Crippen LogP contribution in [0.3, 0.4) is 0 Å². The van der Waals surface area contributed by atoms with Crippen molar-refractivity contribution in [2.45, 2.75) is 32.7 Å². The second kappa shape index (κ2) is 6.67. The molecule has 2 aromatic rings. The Kier molecular flexibility index (Phi) is 4.91. The molecule has 1 N–H and O–H groups in total. The Bertz CT molecular complexity index is 577. The molecule has 0 fully saturated rings. The predicted molar refractivity (Wildman–Crippen MR) is 82.4 cm³/mol. The van der Waals surface area contributed by atoms with E-state index in [1.165, 1.54) is 17.2 Å². The lowest BCUT2D eigenvalue weighted by molar-refractivity contribution is 0.539. The van der Waals surface area contributed by atoms with Crippen LogP contribution in [-0.2, 0) is 6.42 Å². The normalized spacial score (nSPS) is 12.4. The number of hydrogen-bond acceptors (Lipinski definition) is 1. The first kappa shape index (κ1) is 14.7. The molecule has 0 saturated heterocycles. The topological polar surface area (TPSA) is 12.0 Å². The van der Waals surface area contributed by atoms with Gasteiger partial charge in [0, 0.05) is 6.04 Å². The first-order valence-corrected chi connectivity index (χ1v) is 7.09. The lowest BCUT2D eigenvalue weighted by atomic mass is 9.95. The van der Waals surface area contributed by atoms with Crippen molar-refractivity contribution in [2.75, 3.05) is 7.05 Å². The van der Waals surface area contributed by atoms with Crippen LogP contribution in [0.15, 0.2) is 42.5 Å². The van der Waals surface area contributed by atoms with E-state index < -0.39 is 0 Å². The molecule has 0 aliphatic carbocycles. The Morgan fingerprint density at radius 2 is 1.90 bits per heavy atom. The largest absolute Gasteiger partial charge is 0.313 e. The fraction of sp³-hybridized carbons (Fsp3) is 0.333. The van der Waals surface area contributed by atoms with Gasteiger partial charge in [-0.05, 0) is 62.6 Å². The minimum Gasteiger partial charge on any atom is -0.313 e. The van der Waals surface area contributed by atoms with Crippen LogP contribution in [0.25, 0.3) is 0 Å². The van der Waals surface area contributed by atoms with Crippen LogP contribution < -0.4 is 5.32 Å². The number of halogens is 1. The van der Waals surface area contributed by atoms with Gasteiger partial charge in [-0.15, -0.1) is 0 Å². The van der Waals surface area contributed by atoms with Gasteiger partial charge in [-0.3, -0.25) is 0 Å². The Hall–Kier alpha value is -1.67. The minimum absolute atomic E-state index is 0.165. The molecule has 0 heterocycles. The van der Waals surface area contributed by atoms with Crippen LogP contribution in [0, 0.1) is 19.7 Å². The zero-order valence-electron chi connectivity index (χ0n) is 12.4. The van der Waals surface area contributed by atoms with Crippen molar-refractivity contribution < 1.29 is 4.39 Å². The summed E-state index contributed by atoms with van der Waals surface area (Å²) in [7, 11) is 1.94. The molecule has 0 spiro atoms. The lowest BCUT2D eigenvalue weighted by Crippen LogP contribution is -2.18. The zero-order valence-corrected chi connectivity index (χ0v) is 12.4. The van der Waals surface area contributed by atoms with E-state index in [4.69, 9.17) is 0 Å². The summed E-state index contributed by atoms with van der Waals surface area (Å²) < 4.78 is 13.4. The van der Waals surface area contributed by atoms with E-state index in [-0.39, 0.29) is 11.9 Å². The molecule has 2 heteroatoms. The van der Waals surface area contributed by atoms with Gasteiger partial charge in [0.2, 0.25) is 0 Å². The third-order valence-corrected chi connectivity index (χ3v) is 3.77. The van der Waals surface area contributed by atoms with Gasteiger partial charge in [0.25, 0.3) is 0 Å². The van der Waals surface area contributed by atoms with Crippen LogP contribution >= 0.6 is 0 Å². The molecule has 1 nitrogen and oxygen atoms in total. The van der Waals surface area contributed by atoms with Gasteiger partial charge in [0.15, 0.2) is 0 Å². The highest BCUT2D eigenvalue weighted by molar-refractivity contribution is 5.30. The van der Waals surface area contributed by atoms with E-state index >= 15 is 0 Å². The third-order valence-electron chi connectivity index (χ3n) is 3.77. The van der Waals surface area contributed by atoms with Crippen molar-refractivity contribution in [1.29, 1.82) is 0 Å². The van der Waals surface area contributed by atoms with Crippen LogP contribution in [0.2, 0.25) is 0 Å². The number of aryl methyl sites for hydroxylation is 3. The molecule has 0 amide bonds. The summed E-state index contributed by atoms with van der Waals surface area (Å²) >= 11 is 0. The molecule has 0 aromatic heterocycles. The molecular formula is C18H22FN. The van der Waals surface area contributed by atoms with E-state index in [0.29, 0.717) is 0 Å². The van der Waals surface area contributed by atoms with E-state index in [1.54, 1.807) is 6.07 Å². The maximum absolute atomic E-state index is 13.4. The lowest BCUT2D eigenvalue weighted by Gasteiger charge is -2.19. The summed E-state index contributed by atoms with van der Waals surface area (Å²) in [6.45, 7) is 4.14. The molecule has 0 aliphatic heterocycles. The van der Waals surface area contributed by atoms with Gasteiger partial charge in [0.1, 0.15) is 5.82 Å². The van der Waals surface area contributed by atoms with Crippen LogP contribution in [0.5, 0.6) is 0 Å². The van der Waals surface area contributed by atoms with E-state index in [9.17, 15) is 4.39 Å². The monoisotopic (exact) mass is 271 g/mol. The van der Waals surface area contributed by atoms with Crippen molar-refractivity contribution in [1.82, 2.24) is 5.32 Å². The first-order valence-electron chi connectivity index (χ1n) is 7.09. The summed E-state index contributed by atoms with van der Waals surface area (Å²) in [6.07, 6.45) is 1.95. The Balaban J connectivity index is 2.11. The second-order valence-electron chi connectivity index (χ2n) is 5.37. The number of benzene rings is 2. The molecule has 0 aliphatic rings. The zero-order chi connectivity index (χ0) is 14.5. The highest BCUT2D eigenvalue weighted by Crippen LogP contribution is 2.23. The molecule has 0 bridgehead atoms. The van der Waals surface area contributed by atoms with E-state index in [2.05, 4.69) is 36.5 Å².